The first-order valence-electron chi connectivity index (χ1n) is 11.4. The van der Waals surface area contributed by atoms with Crippen LogP contribution in [0.25, 0.3) is 10.8 Å². The molecule has 0 radical (unpaired) electrons. The Balaban J connectivity index is 1.44. The van der Waals surface area contributed by atoms with Gasteiger partial charge in [0.05, 0.1) is 16.7 Å². The van der Waals surface area contributed by atoms with Crippen LogP contribution in [0.3, 0.4) is 0 Å². The zero-order valence-electron chi connectivity index (χ0n) is 19.2. The average molecular weight is 441 g/mol. The first kappa shape index (κ1) is 21.4. The van der Waals surface area contributed by atoms with Crippen LogP contribution in [-0.2, 0) is 9.63 Å². The van der Waals surface area contributed by atoms with E-state index in [1.165, 1.54) is 0 Å². The lowest BCUT2D eigenvalue weighted by Crippen LogP contribution is -2.43. The Morgan fingerprint density at radius 2 is 1.58 bits per heavy atom. The van der Waals surface area contributed by atoms with Crippen LogP contribution in [0.2, 0.25) is 0 Å². The Labute approximate surface area is 193 Å². The molecule has 33 heavy (non-hydrogen) atoms. The van der Waals surface area contributed by atoms with Crippen LogP contribution in [0.1, 0.15) is 50.4 Å². The van der Waals surface area contributed by atoms with E-state index in [1.807, 2.05) is 48.5 Å². The number of nitrogens with one attached hydrogen (secondary N) is 1. The molecule has 5 nitrogen and oxygen atoms in total. The fourth-order valence-corrected chi connectivity index (χ4v) is 5.82. The topological polar surface area (TPSA) is 67.8 Å². The first-order valence-corrected chi connectivity index (χ1v) is 11.4. The lowest BCUT2D eigenvalue weighted by Gasteiger charge is -2.39. The van der Waals surface area contributed by atoms with E-state index in [0.29, 0.717) is 12.0 Å². The monoisotopic (exact) mass is 440 g/mol. The summed E-state index contributed by atoms with van der Waals surface area (Å²) in [6.07, 6.45) is 2.08. The number of fused-ring (bicyclic) bond motifs is 3. The van der Waals surface area contributed by atoms with Gasteiger partial charge in [-0.05, 0) is 41.8 Å². The minimum Gasteiger partial charge on any atom is -0.325 e. The first-order chi connectivity index (χ1) is 15.8. The van der Waals surface area contributed by atoms with Crippen molar-refractivity contribution in [3.05, 3.63) is 78.4 Å². The minimum absolute atomic E-state index is 0.00663. The van der Waals surface area contributed by atoms with Gasteiger partial charge in [0.15, 0.2) is 0 Å². The number of anilines is 1. The second kappa shape index (κ2) is 7.55. The molecule has 0 spiro atoms. The standard InChI is InChI=1S/C28H28N2O3/c1-26(2)27(3)16-17-28(26,18-23(27)30-33-24(31)20-11-5-4-6-12-20)25(32)29-22-15-9-13-19-10-7-8-14-21(19)22/h4-15H,16-18H2,1-3H3,(H,29,32)/b30-23+. The smallest absolute Gasteiger partial charge is 0.325 e. The van der Waals surface area contributed by atoms with Gasteiger partial charge in [0.25, 0.3) is 0 Å². The Morgan fingerprint density at radius 3 is 2.36 bits per heavy atom. The van der Waals surface area contributed by atoms with Crippen molar-refractivity contribution < 1.29 is 14.4 Å². The van der Waals surface area contributed by atoms with E-state index in [1.54, 1.807) is 24.3 Å². The molecule has 1 N–H and O–H groups in total. The van der Waals surface area contributed by atoms with Crippen molar-refractivity contribution in [1.82, 2.24) is 0 Å². The summed E-state index contributed by atoms with van der Waals surface area (Å²) < 4.78 is 0. The maximum atomic E-state index is 13.8. The second-order valence-electron chi connectivity index (χ2n) is 9.98. The molecule has 5 heteroatoms. The van der Waals surface area contributed by atoms with Gasteiger partial charge in [0, 0.05) is 22.9 Å². The SMILES string of the molecule is CC12CCC(C(=O)Nc3cccc4ccccc34)(C/C1=N\OC(=O)c1ccccc1)C2(C)C. The predicted octanol–water partition coefficient (Wildman–Crippen LogP) is 6.21. The number of hydrogen-bond donors (Lipinski definition) is 1. The molecule has 3 aromatic rings. The van der Waals surface area contributed by atoms with E-state index in [4.69, 9.17) is 4.84 Å². The third kappa shape index (κ3) is 3.10. The summed E-state index contributed by atoms with van der Waals surface area (Å²) in [7, 11) is 0. The van der Waals surface area contributed by atoms with Crippen LogP contribution in [0.4, 0.5) is 5.69 Å². The summed E-state index contributed by atoms with van der Waals surface area (Å²) in [6, 6.07) is 22.8. The van der Waals surface area contributed by atoms with Crippen LogP contribution in [-0.4, -0.2) is 17.6 Å². The van der Waals surface area contributed by atoms with Gasteiger partial charge in [-0.3, -0.25) is 4.79 Å². The van der Waals surface area contributed by atoms with Crippen molar-refractivity contribution in [2.75, 3.05) is 5.32 Å². The molecular weight excluding hydrogens is 412 g/mol. The van der Waals surface area contributed by atoms with Crippen molar-refractivity contribution in [3.8, 4) is 0 Å². The van der Waals surface area contributed by atoms with Crippen molar-refractivity contribution in [2.24, 2.45) is 21.4 Å². The fourth-order valence-electron chi connectivity index (χ4n) is 5.82. The number of oxime groups is 1. The average Bonchev–Trinajstić information content (AvgIpc) is 3.14. The molecule has 2 atom stereocenters. The van der Waals surface area contributed by atoms with Crippen molar-refractivity contribution >= 4 is 34.0 Å². The van der Waals surface area contributed by atoms with Crippen molar-refractivity contribution in [2.45, 2.75) is 40.0 Å². The molecule has 5 rings (SSSR count). The van der Waals surface area contributed by atoms with Gasteiger partial charge in [-0.25, -0.2) is 4.79 Å². The number of hydrogen-bond acceptors (Lipinski definition) is 4. The van der Waals surface area contributed by atoms with E-state index in [0.717, 1.165) is 35.0 Å². The van der Waals surface area contributed by atoms with E-state index in [9.17, 15) is 9.59 Å². The van der Waals surface area contributed by atoms with E-state index >= 15 is 0 Å². The summed E-state index contributed by atoms with van der Waals surface area (Å²) >= 11 is 0. The van der Waals surface area contributed by atoms with Crippen LogP contribution >= 0.6 is 0 Å². The van der Waals surface area contributed by atoms with Crippen LogP contribution in [0.15, 0.2) is 78.0 Å². The van der Waals surface area contributed by atoms with Crippen LogP contribution in [0, 0.1) is 16.2 Å². The summed E-state index contributed by atoms with van der Waals surface area (Å²) in [5, 5.41) is 9.66. The molecule has 0 saturated heterocycles. The molecule has 2 unspecified atom stereocenters. The molecule has 2 fully saturated rings. The molecule has 0 heterocycles. The molecule has 2 aliphatic carbocycles. The lowest BCUT2D eigenvalue weighted by atomic mass is 9.64. The Bertz CT molecular complexity index is 1280. The third-order valence-corrected chi connectivity index (χ3v) is 8.45. The Hall–Kier alpha value is -3.47. The molecule has 168 valence electrons. The highest BCUT2D eigenvalue weighted by Gasteiger charge is 2.71. The summed E-state index contributed by atoms with van der Waals surface area (Å²) in [6.45, 7) is 6.43. The van der Waals surface area contributed by atoms with Gasteiger partial charge in [-0.15, -0.1) is 0 Å². The van der Waals surface area contributed by atoms with E-state index in [2.05, 4.69) is 31.2 Å². The molecular formula is C28H28N2O3. The Morgan fingerprint density at radius 1 is 0.879 bits per heavy atom. The molecule has 2 saturated carbocycles. The second-order valence-corrected chi connectivity index (χ2v) is 9.98. The Kier molecular flexibility index (Phi) is 4.89. The van der Waals surface area contributed by atoms with Gasteiger partial charge in [0.2, 0.25) is 5.91 Å². The molecule has 3 aromatic carbocycles. The van der Waals surface area contributed by atoms with Gasteiger partial charge in [-0.1, -0.05) is 80.5 Å². The highest BCUT2D eigenvalue weighted by molar-refractivity contribution is 6.09. The molecule has 0 aliphatic heterocycles. The van der Waals surface area contributed by atoms with Gasteiger partial charge in [0.1, 0.15) is 0 Å². The lowest BCUT2D eigenvalue weighted by molar-refractivity contribution is -0.130. The highest BCUT2D eigenvalue weighted by atomic mass is 16.7. The van der Waals surface area contributed by atoms with E-state index < -0.39 is 11.4 Å². The largest absolute Gasteiger partial charge is 0.365 e. The third-order valence-electron chi connectivity index (χ3n) is 8.45. The van der Waals surface area contributed by atoms with Crippen molar-refractivity contribution in [1.29, 1.82) is 0 Å². The van der Waals surface area contributed by atoms with Gasteiger partial charge in [-0.2, -0.15) is 0 Å². The number of rotatable bonds is 4. The summed E-state index contributed by atoms with van der Waals surface area (Å²) in [5.74, 6) is -0.478. The highest BCUT2D eigenvalue weighted by Crippen LogP contribution is 2.71. The number of nitrogens with zero attached hydrogens (tertiary/aromatic N) is 1. The van der Waals surface area contributed by atoms with Crippen molar-refractivity contribution in [3.63, 3.8) is 0 Å². The maximum absolute atomic E-state index is 13.8. The van der Waals surface area contributed by atoms with Gasteiger partial charge >= 0.3 is 5.97 Å². The number of carbonyl (C=O) groups is 2. The maximum Gasteiger partial charge on any atom is 0.365 e. The minimum atomic E-state index is -0.614. The zero-order valence-corrected chi connectivity index (χ0v) is 19.2. The van der Waals surface area contributed by atoms with Gasteiger partial charge < -0.3 is 10.2 Å². The molecule has 2 bridgehead atoms. The summed E-state index contributed by atoms with van der Waals surface area (Å²) in [4.78, 5) is 31.6. The van der Waals surface area contributed by atoms with E-state index in [-0.39, 0.29) is 16.7 Å². The normalized spacial score (nSPS) is 26.5. The fraction of sp³-hybridized carbons (Fsp3) is 0.321. The number of benzene rings is 3. The number of amides is 1. The molecule has 2 aliphatic rings. The quantitative estimate of drug-likeness (QED) is 0.387. The summed E-state index contributed by atoms with van der Waals surface area (Å²) in [5.41, 5.74) is 0.787. The molecule has 0 aromatic heterocycles. The van der Waals surface area contributed by atoms with Crippen LogP contribution in [0.5, 0.6) is 0 Å². The number of carbonyl (C=O) groups excluding carboxylic acids is 2. The predicted molar refractivity (Wildman–Crippen MR) is 130 cm³/mol. The van der Waals surface area contributed by atoms with Crippen LogP contribution < -0.4 is 5.32 Å². The zero-order chi connectivity index (χ0) is 23.3. The molecule has 1 amide bonds.